The lowest BCUT2D eigenvalue weighted by Crippen LogP contribution is -2.27. The molecule has 0 spiro atoms. The van der Waals surface area contributed by atoms with Crippen molar-refractivity contribution in [2.75, 3.05) is 4.90 Å². The Bertz CT molecular complexity index is 1320. The first-order valence-electron chi connectivity index (χ1n) is 9.65. The summed E-state index contributed by atoms with van der Waals surface area (Å²) in [4.78, 5) is 26.6. The maximum absolute atomic E-state index is 13.1. The number of anilines is 1. The summed E-state index contributed by atoms with van der Waals surface area (Å²) in [6.07, 6.45) is -2.95. The molecule has 0 atom stereocenters. The molecule has 3 aromatic carbocycles. The maximum Gasteiger partial charge on any atom is 0.416 e. The lowest BCUT2D eigenvalue weighted by Gasteiger charge is -2.16. The number of thiocarbonyl (C=S) groups is 1. The molecule has 10 heteroatoms. The molecule has 0 aliphatic carbocycles. The fourth-order valence-corrected chi connectivity index (χ4v) is 4.99. The minimum absolute atomic E-state index is 0.0542. The van der Waals surface area contributed by atoms with Gasteiger partial charge in [-0.3, -0.25) is 9.69 Å². The average molecular weight is 611 g/mol. The van der Waals surface area contributed by atoms with Crippen LogP contribution in [0.5, 0.6) is 5.75 Å². The second-order valence-electron chi connectivity index (χ2n) is 7.00. The van der Waals surface area contributed by atoms with Crippen molar-refractivity contribution in [3.63, 3.8) is 0 Å². The summed E-state index contributed by atoms with van der Waals surface area (Å²) in [6.45, 7) is 0. The summed E-state index contributed by atoms with van der Waals surface area (Å²) in [5.41, 5.74) is 0.279. The zero-order valence-electron chi connectivity index (χ0n) is 17.0. The molecule has 0 saturated carbocycles. The Balaban J connectivity index is 1.50. The van der Waals surface area contributed by atoms with Gasteiger partial charge in [0, 0.05) is 3.57 Å². The van der Waals surface area contributed by atoms with E-state index in [2.05, 4.69) is 22.6 Å². The van der Waals surface area contributed by atoms with Gasteiger partial charge in [0.25, 0.3) is 5.91 Å². The van der Waals surface area contributed by atoms with E-state index in [9.17, 15) is 22.8 Å². The highest BCUT2D eigenvalue weighted by molar-refractivity contribution is 14.1. The minimum Gasteiger partial charge on any atom is -0.423 e. The SMILES string of the molecule is O=C(Oc1ccc(/C=C2\SC(=S)N(c3cccc(C(F)(F)F)c3)C2=O)cc1)c1ccccc1I. The fraction of sp³-hybridized carbons (Fsp3) is 0.0417. The van der Waals surface area contributed by atoms with Crippen LogP contribution in [0.2, 0.25) is 0 Å². The third-order valence-corrected chi connectivity index (χ3v) is 6.95. The van der Waals surface area contributed by atoms with Crippen LogP contribution >= 0.6 is 46.6 Å². The van der Waals surface area contributed by atoms with Gasteiger partial charge in [0.1, 0.15) is 5.75 Å². The average Bonchev–Trinajstić information content (AvgIpc) is 3.07. The predicted octanol–water partition coefficient (Wildman–Crippen LogP) is 6.94. The van der Waals surface area contributed by atoms with Crippen LogP contribution in [0.1, 0.15) is 21.5 Å². The van der Waals surface area contributed by atoms with Crippen molar-refractivity contribution >= 4 is 74.5 Å². The van der Waals surface area contributed by atoms with Gasteiger partial charge < -0.3 is 4.74 Å². The summed E-state index contributed by atoms with van der Waals surface area (Å²) < 4.78 is 45.5. The van der Waals surface area contributed by atoms with E-state index in [0.29, 0.717) is 16.9 Å². The predicted molar refractivity (Wildman–Crippen MR) is 138 cm³/mol. The monoisotopic (exact) mass is 611 g/mol. The number of nitrogens with zero attached hydrogens (tertiary/aromatic N) is 1. The first-order chi connectivity index (χ1) is 16.1. The molecule has 0 aromatic heterocycles. The highest BCUT2D eigenvalue weighted by atomic mass is 127. The van der Waals surface area contributed by atoms with Crippen LogP contribution in [0.4, 0.5) is 18.9 Å². The summed E-state index contributed by atoms with van der Waals surface area (Å²) in [6, 6.07) is 18.0. The number of hydrogen-bond acceptors (Lipinski definition) is 5. The summed E-state index contributed by atoms with van der Waals surface area (Å²) in [5.74, 6) is -0.665. The van der Waals surface area contributed by atoms with E-state index in [1.165, 1.54) is 12.1 Å². The first kappa shape index (κ1) is 24.4. The van der Waals surface area contributed by atoms with Crippen LogP contribution < -0.4 is 9.64 Å². The number of carbonyl (C=O) groups is 2. The molecule has 1 amide bonds. The molecule has 0 bridgehead atoms. The van der Waals surface area contributed by atoms with Crippen molar-refractivity contribution in [2.24, 2.45) is 0 Å². The fourth-order valence-electron chi connectivity index (χ4n) is 3.08. The van der Waals surface area contributed by atoms with Gasteiger partial charge in [-0.15, -0.1) is 0 Å². The highest BCUT2D eigenvalue weighted by Crippen LogP contribution is 2.38. The number of halogens is 4. The lowest BCUT2D eigenvalue weighted by molar-refractivity contribution is -0.137. The second-order valence-corrected chi connectivity index (χ2v) is 9.84. The van der Waals surface area contributed by atoms with Gasteiger partial charge in [0.2, 0.25) is 0 Å². The molecule has 1 aliphatic rings. The molecule has 0 N–H and O–H groups in total. The van der Waals surface area contributed by atoms with E-state index >= 15 is 0 Å². The largest absolute Gasteiger partial charge is 0.423 e. The summed E-state index contributed by atoms with van der Waals surface area (Å²) in [5, 5.41) is 0. The van der Waals surface area contributed by atoms with E-state index in [-0.39, 0.29) is 14.9 Å². The van der Waals surface area contributed by atoms with Crippen molar-refractivity contribution in [2.45, 2.75) is 6.18 Å². The van der Waals surface area contributed by atoms with E-state index in [1.807, 2.05) is 6.07 Å². The van der Waals surface area contributed by atoms with Gasteiger partial charge >= 0.3 is 12.1 Å². The maximum atomic E-state index is 13.1. The molecule has 0 radical (unpaired) electrons. The van der Waals surface area contributed by atoms with Gasteiger partial charge in [0.05, 0.1) is 21.7 Å². The molecular weight excluding hydrogens is 598 g/mol. The topological polar surface area (TPSA) is 46.6 Å². The van der Waals surface area contributed by atoms with Gasteiger partial charge in [-0.25, -0.2) is 4.79 Å². The quantitative estimate of drug-likeness (QED) is 0.105. The molecule has 1 heterocycles. The Morgan fingerprint density at radius 2 is 1.74 bits per heavy atom. The van der Waals surface area contributed by atoms with E-state index < -0.39 is 23.6 Å². The molecule has 4 rings (SSSR count). The number of hydrogen-bond donors (Lipinski definition) is 0. The number of benzene rings is 3. The van der Waals surface area contributed by atoms with Crippen molar-refractivity contribution in [3.8, 4) is 5.75 Å². The molecular formula is C24H13F3INO3S2. The van der Waals surface area contributed by atoms with E-state index in [0.717, 1.165) is 32.4 Å². The lowest BCUT2D eigenvalue weighted by atomic mass is 10.1. The number of amides is 1. The van der Waals surface area contributed by atoms with Crippen LogP contribution in [-0.2, 0) is 11.0 Å². The normalized spacial score (nSPS) is 15.2. The zero-order valence-corrected chi connectivity index (χ0v) is 20.8. The molecule has 0 unspecified atom stereocenters. The smallest absolute Gasteiger partial charge is 0.416 e. The van der Waals surface area contributed by atoms with Crippen molar-refractivity contribution in [1.29, 1.82) is 0 Å². The Hall–Kier alpha value is -2.70. The number of alkyl halides is 3. The summed E-state index contributed by atoms with van der Waals surface area (Å²) in [7, 11) is 0. The van der Waals surface area contributed by atoms with Crippen LogP contribution in [0.25, 0.3) is 6.08 Å². The molecule has 1 fully saturated rings. The third kappa shape index (κ3) is 5.34. The minimum atomic E-state index is -4.53. The molecule has 1 saturated heterocycles. The molecule has 34 heavy (non-hydrogen) atoms. The van der Waals surface area contributed by atoms with Crippen LogP contribution in [0, 0.1) is 3.57 Å². The number of ether oxygens (including phenoxy) is 1. The standard InChI is InChI=1S/C24H13F3INO3S2/c25-24(26,27)15-4-3-5-16(13-15)29-21(30)20(34-23(29)33)12-14-8-10-17(11-9-14)32-22(31)18-6-1-2-7-19(18)28/h1-13H/b20-12-. The van der Waals surface area contributed by atoms with Crippen LogP contribution in [0.15, 0.2) is 77.7 Å². The number of rotatable bonds is 4. The Kier molecular flexibility index (Phi) is 7.10. The Morgan fingerprint density at radius 3 is 2.41 bits per heavy atom. The second kappa shape index (κ2) is 9.88. The molecule has 4 nitrogen and oxygen atoms in total. The number of thioether (sulfide) groups is 1. The van der Waals surface area contributed by atoms with Crippen molar-refractivity contribution in [1.82, 2.24) is 0 Å². The van der Waals surface area contributed by atoms with Crippen LogP contribution in [-0.4, -0.2) is 16.2 Å². The number of esters is 1. The number of carbonyl (C=O) groups excluding carboxylic acids is 2. The molecule has 3 aromatic rings. The van der Waals surface area contributed by atoms with Gasteiger partial charge in [0.15, 0.2) is 4.32 Å². The van der Waals surface area contributed by atoms with Crippen LogP contribution in [0.3, 0.4) is 0 Å². The Morgan fingerprint density at radius 1 is 1.03 bits per heavy atom. The summed E-state index contributed by atoms with van der Waals surface area (Å²) >= 11 is 8.30. The van der Waals surface area contributed by atoms with E-state index in [4.69, 9.17) is 17.0 Å². The Labute approximate surface area is 215 Å². The van der Waals surface area contributed by atoms with Crippen molar-refractivity contribution in [3.05, 3.63) is 98.0 Å². The molecule has 172 valence electrons. The first-order valence-corrected chi connectivity index (χ1v) is 12.0. The van der Waals surface area contributed by atoms with Gasteiger partial charge in [-0.05, 0) is 76.7 Å². The molecule has 1 aliphatic heterocycles. The third-order valence-electron chi connectivity index (χ3n) is 4.71. The van der Waals surface area contributed by atoms with Gasteiger partial charge in [-0.1, -0.05) is 54.3 Å². The van der Waals surface area contributed by atoms with E-state index in [1.54, 1.807) is 48.5 Å². The van der Waals surface area contributed by atoms with Gasteiger partial charge in [-0.2, -0.15) is 13.2 Å². The highest BCUT2D eigenvalue weighted by Gasteiger charge is 2.36. The van der Waals surface area contributed by atoms with Crippen molar-refractivity contribution < 1.29 is 27.5 Å². The zero-order chi connectivity index (χ0) is 24.5.